The number of nitrogens with one attached hydrogen (secondary N) is 2. The monoisotopic (exact) mass is 252 g/mol. The summed E-state index contributed by atoms with van der Waals surface area (Å²) in [6.45, 7) is 5.65. The minimum atomic E-state index is -1.03. The highest BCUT2D eigenvalue weighted by molar-refractivity contribution is 5.84. The van der Waals surface area contributed by atoms with E-state index in [1.807, 2.05) is 19.9 Å². The molecule has 18 heavy (non-hydrogen) atoms. The summed E-state index contributed by atoms with van der Waals surface area (Å²) in [5, 5.41) is 11.9. The first kappa shape index (κ1) is 14.3. The maximum absolute atomic E-state index is 11.8. The lowest BCUT2D eigenvalue weighted by Gasteiger charge is -2.28. The maximum Gasteiger partial charge on any atom is 0.310 e. The molecule has 1 atom stereocenters. The zero-order valence-electron chi connectivity index (χ0n) is 11.0. The van der Waals surface area contributed by atoms with Crippen LogP contribution in [0.25, 0.3) is 0 Å². The third kappa shape index (κ3) is 3.35. The number of carboxylic acid groups (broad SMARTS) is 1. The third-order valence-electron chi connectivity index (χ3n) is 3.44. The van der Waals surface area contributed by atoms with Crippen LogP contribution in [0.4, 0.5) is 0 Å². The molecule has 5 nitrogen and oxygen atoms in total. The molecule has 0 radical (unpaired) electrons. The van der Waals surface area contributed by atoms with Crippen molar-refractivity contribution in [2.75, 3.05) is 0 Å². The van der Waals surface area contributed by atoms with E-state index in [1.54, 1.807) is 19.3 Å². The van der Waals surface area contributed by atoms with Crippen molar-refractivity contribution in [2.45, 2.75) is 33.7 Å². The average molecular weight is 252 g/mol. The highest BCUT2D eigenvalue weighted by Crippen LogP contribution is 2.31. The first-order valence-corrected chi connectivity index (χ1v) is 5.98. The largest absolute Gasteiger partial charge is 0.481 e. The Morgan fingerprint density at radius 2 is 2.17 bits per heavy atom. The minimum Gasteiger partial charge on any atom is -0.481 e. The number of carbonyl (C=O) groups excluding carboxylic acids is 1. The molecule has 0 fully saturated rings. The summed E-state index contributed by atoms with van der Waals surface area (Å²) in [6.07, 6.45) is 3.56. The van der Waals surface area contributed by atoms with Gasteiger partial charge < -0.3 is 15.4 Å². The van der Waals surface area contributed by atoms with Crippen LogP contribution in [0.2, 0.25) is 0 Å². The van der Waals surface area contributed by atoms with E-state index in [9.17, 15) is 14.7 Å². The van der Waals surface area contributed by atoms with Gasteiger partial charge in [-0.05, 0) is 24.5 Å². The Kier molecular flexibility index (Phi) is 4.53. The molecule has 5 heteroatoms. The predicted octanol–water partition coefficient (Wildman–Crippen LogP) is 1.77. The second-order valence-electron chi connectivity index (χ2n) is 5.05. The first-order valence-electron chi connectivity index (χ1n) is 5.98. The van der Waals surface area contributed by atoms with Crippen molar-refractivity contribution >= 4 is 11.9 Å². The van der Waals surface area contributed by atoms with Gasteiger partial charge in [0.1, 0.15) is 0 Å². The van der Waals surface area contributed by atoms with Gasteiger partial charge in [0.05, 0.1) is 5.41 Å². The molecule has 1 heterocycles. The summed E-state index contributed by atoms with van der Waals surface area (Å²) in [6, 6.07) is 1.86. The average Bonchev–Trinajstić information content (AvgIpc) is 2.78. The maximum atomic E-state index is 11.8. The number of carbonyl (C=O) groups is 2. The van der Waals surface area contributed by atoms with Gasteiger partial charge in [0.2, 0.25) is 5.91 Å². The zero-order valence-corrected chi connectivity index (χ0v) is 11.0. The van der Waals surface area contributed by atoms with Crippen LogP contribution in [0, 0.1) is 11.3 Å². The van der Waals surface area contributed by atoms with E-state index < -0.39 is 11.4 Å². The molecule has 0 aliphatic heterocycles. The molecule has 0 saturated carbocycles. The normalized spacial score (nSPS) is 14.2. The number of aromatic nitrogens is 1. The molecule has 1 amide bonds. The smallest absolute Gasteiger partial charge is 0.310 e. The summed E-state index contributed by atoms with van der Waals surface area (Å²) in [5.41, 5.74) is -0.0627. The Bertz CT molecular complexity index is 412. The summed E-state index contributed by atoms with van der Waals surface area (Å²) < 4.78 is 0. The van der Waals surface area contributed by atoms with Crippen molar-refractivity contribution in [1.82, 2.24) is 10.3 Å². The number of H-pyrrole nitrogens is 1. The molecule has 1 rings (SSSR count). The molecule has 0 aliphatic carbocycles. The van der Waals surface area contributed by atoms with Crippen molar-refractivity contribution in [2.24, 2.45) is 11.3 Å². The molecule has 100 valence electrons. The lowest BCUT2D eigenvalue weighted by molar-refractivity contribution is -0.153. The van der Waals surface area contributed by atoms with Gasteiger partial charge in [0.15, 0.2) is 0 Å². The number of aliphatic carboxylic acids is 1. The zero-order chi connectivity index (χ0) is 13.8. The molecular formula is C13H20N2O3. The molecule has 1 aromatic rings. The highest BCUT2D eigenvalue weighted by Gasteiger charge is 2.38. The molecule has 0 spiro atoms. The number of aromatic amines is 1. The molecule has 3 N–H and O–H groups in total. The predicted molar refractivity (Wildman–Crippen MR) is 67.8 cm³/mol. The lowest BCUT2D eigenvalue weighted by atomic mass is 9.76. The van der Waals surface area contributed by atoms with Gasteiger partial charge in [0.25, 0.3) is 0 Å². The van der Waals surface area contributed by atoms with Crippen molar-refractivity contribution in [1.29, 1.82) is 0 Å². The van der Waals surface area contributed by atoms with Crippen LogP contribution in [0.1, 0.15) is 32.8 Å². The molecule has 0 bridgehead atoms. The number of rotatable bonds is 6. The van der Waals surface area contributed by atoms with E-state index in [-0.39, 0.29) is 18.2 Å². The van der Waals surface area contributed by atoms with E-state index in [2.05, 4.69) is 10.3 Å². The second-order valence-corrected chi connectivity index (χ2v) is 5.05. The number of carboxylic acids is 1. The van der Waals surface area contributed by atoms with Gasteiger partial charge in [-0.1, -0.05) is 13.8 Å². The Labute approximate surface area is 107 Å². The SMILES string of the molecule is CC(C)C(C)(CC(=O)NCc1cc[nH]c1)C(=O)O. The van der Waals surface area contributed by atoms with E-state index >= 15 is 0 Å². The van der Waals surface area contributed by atoms with E-state index in [4.69, 9.17) is 0 Å². The lowest BCUT2D eigenvalue weighted by Crippen LogP contribution is -2.39. The fourth-order valence-electron chi connectivity index (χ4n) is 1.59. The van der Waals surface area contributed by atoms with E-state index in [1.165, 1.54) is 0 Å². The minimum absolute atomic E-state index is 0.00950. The molecule has 1 unspecified atom stereocenters. The summed E-state index contributed by atoms with van der Waals surface area (Å²) >= 11 is 0. The number of hydrogen-bond acceptors (Lipinski definition) is 2. The van der Waals surface area contributed by atoms with Gasteiger partial charge in [-0.3, -0.25) is 9.59 Å². The summed E-state index contributed by atoms with van der Waals surface area (Å²) in [7, 11) is 0. The van der Waals surface area contributed by atoms with Crippen LogP contribution in [0.5, 0.6) is 0 Å². The summed E-state index contributed by atoms with van der Waals surface area (Å²) in [4.78, 5) is 25.9. The van der Waals surface area contributed by atoms with Crippen LogP contribution in [-0.2, 0) is 16.1 Å². The quantitative estimate of drug-likeness (QED) is 0.721. The van der Waals surface area contributed by atoms with Gasteiger partial charge in [-0.15, -0.1) is 0 Å². The Balaban J connectivity index is 2.55. The standard InChI is InChI=1S/C13H20N2O3/c1-9(2)13(3,12(17)18)6-11(16)15-8-10-4-5-14-7-10/h4-5,7,9,14H,6,8H2,1-3H3,(H,15,16)(H,17,18). The molecule has 0 saturated heterocycles. The van der Waals surface area contributed by atoms with Crippen molar-refractivity contribution in [3.05, 3.63) is 24.0 Å². The summed E-state index contributed by atoms with van der Waals surface area (Å²) in [5.74, 6) is -1.28. The Morgan fingerprint density at radius 3 is 2.61 bits per heavy atom. The third-order valence-corrected chi connectivity index (χ3v) is 3.44. The van der Waals surface area contributed by atoms with Crippen LogP contribution in [0.3, 0.4) is 0 Å². The van der Waals surface area contributed by atoms with Gasteiger partial charge in [-0.25, -0.2) is 0 Å². The number of amides is 1. The van der Waals surface area contributed by atoms with Crippen molar-refractivity contribution in [3.8, 4) is 0 Å². The van der Waals surface area contributed by atoms with Gasteiger partial charge in [0, 0.05) is 25.4 Å². The topological polar surface area (TPSA) is 82.2 Å². The van der Waals surface area contributed by atoms with Crippen LogP contribution in [-0.4, -0.2) is 22.0 Å². The highest BCUT2D eigenvalue weighted by atomic mass is 16.4. The van der Waals surface area contributed by atoms with Crippen LogP contribution >= 0.6 is 0 Å². The van der Waals surface area contributed by atoms with Crippen molar-refractivity contribution < 1.29 is 14.7 Å². The molecule has 0 aliphatic rings. The second kappa shape index (κ2) is 5.71. The van der Waals surface area contributed by atoms with Gasteiger partial charge in [-0.2, -0.15) is 0 Å². The molecule has 1 aromatic heterocycles. The molecular weight excluding hydrogens is 232 g/mol. The van der Waals surface area contributed by atoms with E-state index in [0.29, 0.717) is 6.54 Å². The van der Waals surface area contributed by atoms with Crippen LogP contribution in [0.15, 0.2) is 18.5 Å². The Morgan fingerprint density at radius 1 is 1.50 bits per heavy atom. The number of hydrogen-bond donors (Lipinski definition) is 3. The van der Waals surface area contributed by atoms with Gasteiger partial charge >= 0.3 is 5.97 Å². The van der Waals surface area contributed by atoms with Crippen LogP contribution < -0.4 is 5.32 Å². The Hall–Kier alpha value is -1.78. The van der Waals surface area contributed by atoms with Crippen molar-refractivity contribution in [3.63, 3.8) is 0 Å². The van der Waals surface area contributed by atoms with E-state index in [0.717, 1.165) is 5.56 Å². The molecule has 0 aromatic carbocycles. The fraction of sp³-hybridized carbons (Fsp3) is 0.538. The fourth-order valence-corrected chi connectivity index (χ4v) is 1.59. The first-order chi connectivity index (χ1) is 8.36.